The van der Waals surface area contributed by atoms with E-state index in [2.05, 4.69) is 22.2 Å². The van der Waals surface area contributed by atoms with Gasteiger partial charge in [0.25, 0.3) is 5.91 Å². The van der Waals surface area contributed by atoms with Crippen LogP contribution in [0, 0.1) is 0 Å². The molecule has 70 valence electrons. The molecule has 1 rings (SSSR count). The van der Waals surface area contributed by atoms with Crippen LogP contribution in [0.2, 0.25) is 0 Å². The van der Waals surface area contributed by atoms with Crippen LogP contribution in [0.25, 0.3) is 0 Å². The number of anilines is 1. The number of aromatic nitrogens is 2. The van der Waals surface area contributed by atoms with Gasteiger partial charge in [-0.1, -0.05) is 6.92 Å². The zero-order valence-corrected chi connectivity index (χ0v) is 7.45. The highest BCUT2D eigenvalue weighted by molar-refractivity contribution is 5.90. The molecule has 1 amide bonds. The fraction of sp³-hybridized carbons (Fsp3) is 0.375. The van der Waals surface area contributed by atoms with E-state index in [1.165, 1.54) is 12.4 Å². The Bertz CT molecular complexity index is 283. The van der Waals surface area contributed by atoms with Crippen LogP contribution >= 0.6 is 0 Å². The third kappa shape index (κ3) is 2.70. The summed E-state index contributed by atoms with van der Waals surface area (Å²) < 4.78 is 0. The van der Waals surface area contributed by atoms with Gasteiger partial charge in [0.2, 0.25) is 0 Å². The van der Waals surface area contributed by atoms with Gasteiger partial charge in [0.1, 0.15) is 11.5 Å². The molecule has 0 fully saturated rings. The van der Waals surface area contributed by atoms with Crippen molar-refractivity contribution in [1.29, 1.82) is 0 Å². The summed E-state index contributed by atoms with van der Waals surface area (Å²) in [7, 11) is 0. The summed E-state index contributed by atoms with van der Waals surface area (Å²) in [5.74, 6) is 0.0985. The number of hydrogen-bond donors (Lipinski definition) is 2. The van der Waals surface area contributed by atoms with E-state index in [1.807, 2.05) is 0 Å². The Morgan fingerprint density at radius 3 is 2.77 bits per heavy atom. The van der Waals surface area contributed by atoms with E-state index in [0.29, 0.717) is 5.82 Å². The van der Waals surface area contributed by atoms with E-state index in [9.17, 15) is 4.79 Å². The van der Waals surface area contributed by atoms with E-state index in [-0.39, 0.29) is 5.69 Å². The average molecular weight is 180 g/mol. The van der Waals surface area contributed by atoms with Crippen LogP contribution in [0.3, 0.4) is 0 Å². The predicted molar refractivity (Wildman–Crippen MR) is 49.3 cm³/mol. The van der Waals surface area contributed by atoms with Crippen molar-refractivity contribution in [1.82, 2.24) is 9.97 Å². The van der Waals surface area contributed by atoms with Gasteiger partial charge in [-0.05, 0) is 6.42 Å². The van der Waals surface area contributed by atoms with Crippen molar-refractivity contribution in [3.05, 3.63) is 18.1 Å². The molecule has 3 N–H and O–H groups in total. The molecule has 0 spiro atoms. The van der Waals surface area contributed by atoms with Gasteiger partial charge in [0.05, 0.1) is 12.4 Å². The minimum Gasteiger partial charge on any atom is -0.369 e. The van der Waals surface area contributed by atoms with Crippen molar-refractivity contribution in [2.75, 3.05) is 11.9 Å². The highest BCUT2D eigenvalue weighted by atomic mass is 16.1. The van der Waals surface area contributed by atoms with Gasteiger partial charge < -0.3 is 11.1 Å². The number of carbonyl (C=O) groups is 1. The zero-order valence-electron chi connectivity index (χ0n) is 7.45. The van der Waals surface area contributed by atoms with Crippen molar-refractivity contribution in [2.45, 2.75) is 13.3 Å². The Hall–Kier alpha value is -1.65. The third-order valence-electron chi connectivity index (χ3n) is 1.46. The van der Waals surface area contributed by atoms with E-state index in [0.717, 1.165) is 13.0 Å². The number of rotatable bonds is 4. The number of hydrogen-bond acceptors (Lipinski definition) is 4. The summed E-state index contributed by atoms with van der Waals surface area (Å²) in [5, 5.41) is 3.03. The lowest BCUT2D eigenvalue weighted by Crippen LogP contribution is -2.14. The van der Waals surface area contributed by atoms with Crippen LogP contribution in [0.5, 0.6) is 0 Å². The Balaban J connectivity index is 2.64. The number of carbonyl (C=O) groups excluding carboxylic acids is 1. The number of amides is 1. The molecule has 0 bridgehead atoms. The van der Waals surface area contributed by atoms with Crippen LogP contribution in [-0.2, 0) is 0 Å². The molecule has 13 heavy (non-hydrogen) atoms. The van der Waals surface area contributed by atoms with Gasteiger partial charge in [-0.3, -0.25) is 4.79 Å². The first-order valence-electron chi connectivity index (χ1n) is 4.09. The van der Waals surface area contributed by atoms with Crippen molar-refractivity contribution in [3.63, 3.8) is 0 Å². The normalized spacial score (nSPS) is 9.62. The van der Waals surface area contributed by atoms with Gasteiger partial charge >= 0.3 is 0 Å². The van der Waals surface area contributed by atoms with Crippen molar-refractivity contribution in [3.8, 4) is 0 Å². The molecule has 1 aromatic rings. The van der Waals surface area contributed by atoms with Gasteiger partial charge in [-0.25, -0.2) is 9.97 Å². The molecule has 0 unspecified atom stereocenters. The lowest BCUT2D eigenvalue weighted by molar-refractivity contribution is 0.0995. The SMILES string of the molecule is CCCNc1cnc(C(N)=O)cn1. The van der Waals surface area contributed by atoms with Crippen molar-refractivity contribution >= 4 is 11.7 Å². The standard InChI is InChI=1S/C8H12N4O/c1-2-3-10-7-5-11-6(4-12-7)8(9)13/h4-5H,2-3H2,1H3,(H2,9,13)(H,10,12). The predicted octanol–water partition coefficient (Wildman–Crippen LogP) is 0.397. The summed E-state index contributed by atoms with van der Waals surface area (Å²) >= 11 is 0. The molecule has 0 saturated carbocycles. The maximum Gasteiger partial charge on any atom is 0.268 e. The summed E-state index contributed by atoms with van der Waals surface area (Å²) in [6, 6.07) is 0. The molecule has 5 heteroatoms. The molecule has 0 aromatic carbocycles. The van der Waals surface area contributed by atoms with Crippen LogP contribution in [0.15, 0.2) is 12.4 Å². The maximum absolute atomic E-state index is 10.6. The molecule has 0 radical (unpaired) electrons. The highest BCUT2D eigenvalue weighted by Gasteiger charge is 2.01. The summed E-state index contributed by atoms with van der Waals surface area (Å²) in [6.07, 6.45) is 3.87. The van der Waals surface area contributed by atoms with Crippen LogP contribution < -0.4 is 11.1 Å². The molecule has 1 aromatic heterocycles. The second-order valence-corrected chi connectivity index (χ2v) is 2.58. The molecular weight excluding hydrogens is 168 g/mol. The lowest BCUT2D eigenvalue weighted by Gasteiger charge is -2.02. The second-order valence-electron chi connectivity index (χ2n) is 2.58. The van der Waals surface area contributed by atoms with E-state index < -0.39 is 5.91 Å². The first kappa shape index (κ1) is 9.44. The van der Waals surface area contributed by atoms with Gasteiger partial charge in [0, 0.05) is 6.54 Å². The quantitative estimate of drug-likeness (QED) is 0.702. The Kier molecular flexibility index (Phi) is 3.19. The molecule has 0 saturated heterocycles. The van der Waals surface area contributed by atoms with Gasteiger partial charge in [0.15, 0.2) is 0 Å². The first-order chi connectivity index (χ1) is 6.24. The molecule has 0 aliphatic rings. The first-order valence-corrected chi connectivity index (χ1v) is 4.09. The highest BCUT2D eigenvalue weighted by Crippen LogP contribution is 1.99. The van der Waals surface area contributed by atoms with E-state index in [1.54, 1.807) is 0 Å². The summed E-state index contributed by atoms with van der Waals surface area (Å²) in [5.41, 5.74) is 5.18. The second kappa shape index (κ2) is 4.39. The molecule has 0 atom stereocenters. The number of nitrogens with one attached hydrogen (secondary N) is 1. The summed E-state index contributed by atoms with van der Waals surface area (Å²) in [6.45, 7) is 2.89. The minimum absolute atomic E-state index is 0.182. The minimum atomic E-state index is -0.561. The molecule has 0 aliphatic heterocycles. The lowest BCUT2D eigenvalue weighted by atomic mass is 10.4. The zero-order chi connectivity index (χ0) is 9.68. The van der Waals surface area contributed by atoms with Gasteiger partial charge in [-0.2, -0.15) is 0 Å². The monoisotopic (exact) mass is 180 g/mol. The van der Waals surface area contributed by atoms with E-state index >= 15 is 0 Å². The Morgan fingerprint density at radius 2 is 2.31 bits per heavy atom. The average Bonchev–Trinajstić information content (AvgIpc) is 2.15. The number of nitrogens with two attached hydrogens (primary N) is 1. The largest absolute Gasteiger partial charge is 0.369 e. The Labute approximate surface area is 76.4 Å². The molecule has 0 aliphatic carbocycles. The molecular formula is C8H12N4O. The molecule has 5 nitrogen and oxygen atoms in total. The Morgan fingerprint density at radius 1 is 1.54 bits per heavy atom. The van der Waals surface area contributed by atoms with Crippen LogP contribution in [-0.4, -0.2) is 22.4 Å². The topological polar surface area (TPSA) is 80.9 Å². The van der Waals surface area contributed by atoms with Gasteiger partial charge in [-0.15, -0.1) is 0 Å². The summed E-state index contributed by atoms with van der Waals surface area (Å²) in [4.78, 5) is 18.4. The van der Waals surface area contributed by atoms with Crippen LogP contribution in [0.1, 0.15) is 23.8 Å². The fourth-order valence-corrected chi connectivity index (χ4v) is 0.800. The number of primary amides is 1. The molecule has 1 heterocycles. The smallest absolute Gasteiger partial charge is 0.268 e. The van der Waals surface area contributed by atoms with E-state index in [4.69, 9.17) is 5.73 Å². The number of nitrogens with zero attached hydrogens (tertiary/aromatic N) is 2. The van der Waals surface area contributed by atoms with Crippen LogP contribution in [0.4, 0.5) is 5.82 Å². The fourth-order valence-electron chi connectivity index (χ4n) is 0.800. The maximum atomic E-state index is 10.6. The van der Waals surface area contributed by atoms with Crippen molar-refractivity contribution < 1.29 is 4.79 Å². The van der Waals surface area contributed by atoms with Crippen molar-refractivity contribution in [2.24, 2.45) is 5.73 Å². The third-order valence-corrected chi connectivity index (χ3v) is 1.46.